The molecule has 184 valence electrons. The molecular weight excluding hydrogens is 454 g/mol. The molecule has 0 aliphatic heterocycles. The van der Waals surface area contributed by atoms with Crippen molar-refractivity contribution in [3.63, 3.8) is 0 Å². The Morgan fingerprint density at radius 2 is 1.72 bits per heavy atom. The summed E-state index contributed by atoms with van der Waals surface area (Å²) in [7, 11) is 0. The molecule has 36 heavy (non-hydrogen) atoms. The number of nitrogens with zero attached hydrogens (tertiary/aromatic N) is 2. The van der Waals surface area contributed by atoms with E-state index in [2.05, 4.69) is 9.88 Å². The van der Waals surface area contributed by atoms with Crippen LogP contribution in [0.5, 0.6) is 5.75 Å². The third kappa shape index (κ3) is 5.25. The van der Waals surface area contributed by atoms with E-state index >= 15 is 0 Å². The lowest BCUT2D eigenvalue weighted by Gasteiger charge is -2.25. The Hall–Kier alpha value is -4.13. The molecule has 7 heteroatoms. The van der Waals surface area contributed by atoms with Gasteiger partial charge < -0.3 is 19.7 Å². The molecule has 1 aliphatic rings. The van der Waals surface area contributed by atoms with E-state index in [-0.39, 0.29) is 18.1 Å². The van der Waals surface area contributed by atoms with E-state index in [9.17, 15) is 14.7 Å². The van der Waals surface area contributed by atoms with Gasteiger partial charge in [-0.25, -0.2) is 9.78 Å². The van der Waals surface area contributed by atoms with Crippen LogP contribution in [0.3, 0.4) is 0 Å². The monoisotopic (exact) mass is 483 g/mol. The summed E-state index contributed by atoms with van der Waals surface area (Å²) in [6, 6.07) is 22.8. The number of hydrogen-bond acceptors (Lipinski definition) is 4. The van der Waals surface area contributed by atoms with Gasteiger partial charge in [-0.05, 0) is 60.9 Å². The average molecular weight is 484 g/mol. The SMILES string of the molecule is O=C(COc1ccc(-c2nc3cc(C(=O)O)ccc3n2C2CCCCC2)cc1)NCc1ccccc1. The number of aromatic nitrogens is 2. The summed E-state index contributed by atoms with van der Waals surface area (Å²) in [6.07, 6.45) is 5.76. The zero-order valence-corrected chi connectivity index (χ0v) is 20.0. The number of fused-ring (bicyclic) bond motifs is 1. The number of hydrogen-bond donors (Lipinski definition) is 2. The molecule has 0 radical (unpaired) electrons. The standard InChI is InChI=1S/C29H29N3O4/c33-27(30-18-20-7-3-1-4-8-20)19-36-24-14-11-21(12-15-24)28-31-25-17-22(29(34)35)13-16-26(25)32(28)23-9-5-2-6-10-23/h1,3-4,7-8,11-17,23H,2,5-6,9-10,18-19H2,(H,30,33)(H,34,35). The van der Waals surface area contributed by atoms with Crippen molar-refractivity contribution in [3.05, 3.63) is 83.9 Å². The first-order valence-corrected chi connectivity index (χ1v) is 12.4. The van der Waals surface area contributed by atoms with Gasteiger partial charge in [-0.3, -0.25) is 4.79 Å². The molecule has 4 aromatic rings. The highest BCUT2D eigenvalue weighted by Crippen LogP contribution is 2.36. The van der Waals surface area contributed by atoms with E-state index in [0.29, 0.717) is 23.9 Å². The second-order valence-corrected chi connectivity index (χ2v) is 9.18. The average Bonchev–Trinajstić information content (AvgIpc) is 3.31. The highest BCUT2D eigenvalue weighted by Gasteiger charge is 2.23. The highest BCUT2D eigenvalue weighted by molar-refractivity contribution is 5.93. The molecule has 0 spiro atoms. The van der Waals surface area contributed by atoms with Crippen molar-refractivity contribution in [2.45, 2.75) is 44.7 Å². The van der Waals surface area contributed by atoms with Gasteiger partial charge in [-0.1, -0.05) is 49.6 Å². The van der Waals surface area contributed by atoms with Crippen molar-refractivity contribution in [2.24, 2.45) is 0 Å². The molecule has 1 saturated carbocycles. The van der Waals surface area contributed by atoms with Crippen LogP contribution in [0.2, 0.25) is 0 Å². The number of nitrogens with one attached hydrogen (secondary N) is 1. The molecule has 1 aromatic heterocycles. The Labute approximate surface area is 209 Å². The number of carboxylic acids is 1. The highest BCUT2D eigenvalue weighted by atomic mass is 16.5. The first kappa shape index (κ1) is 23.6. The van der Waals surface area contributed by atoms with Gasteiger partial charge in [0.1, 0.15) is 11.6 Å². The second kappa shape index (κ2) is 10.6. The molecule has 7 nitrogen and oxygen atoms in total. The topological polar surface area (TPSA) is 93.4 Å². The van der Waals surface area contributed by atoms with Gasteiger partial charge in [0.25, 0.3) is 5.91 Å². The minimum atomic E-state index is -0.958. The zero-order chi connectivity index (χ0) is 24.9. The largest absolute Gasteiger partial charge is 0.484 e. The normalized spacial score (nSPS) is 14.0. The van der Waals surface area contributed by atoms with Crippen molar-refractivity contribution in [1.29, 1.82) is 0 Å². The molecule has 1 fully saturated rings. The minimum Gasteiger partial charge on any atom is -0.484 e. The number of imidazole rings is 1. The summed E-state index contributed by atoms with van der Waals surface area (Å²) < 4.78 is 7.96. The van der Waals surface area contributed by atoms with E-state index < -0.39 is 5.97 Å². The van der Waals surface area contributed by atoms with E-state index in [1.54, 1.807) is 12.1 Å². The van der Waals surface area contributed by atoms with E-state index in [1.807, 2.05) is 60.7 Å². The lowest BCUT2D eigenvalue weighted by molar-refractivity contribution is -0.123. The zero-order valence-electron chi connectivity index (χ0n) is 20.0. The summed E-state index contributed by atoms with van der Waals surface area (Å²) in [4.78, 5) is 28.5. The Balaban J connectivity index is 1.33. The maximum absolute atomic E-state index is 12.2. The van der Waals surface area contributed by atoms with Gasteiger partial charge in [0.2, 0.25) is 0 Å². The van der Waals surface area contributed by atoms with Gasteiger partial charge in [0.15, 0.2) is 6.61 Å². The number of carboxylic acid groups (broad SMARTS) is 1. The number of benzene rings is 3. The number of amides is 1. The predicted octanol–water partition coefficient (Wildman–Crippen LogP) is 5.60. The van der Waals surface area contributed by atoms with Crippen LogP contribution in [-0.4, -0.2) is 33.1 Å². The van der Waals surface area contributed by atoms with Gasteiger partial charge in [0.05, 0.1) is 16.6 Å². The Morgan fingerprint density at radius 1 is 0.972 bits per heavy atom. The molecular formula is C29H29N3O4. The smallest absolute Gasteiger partial charge is 0.335 e. The maximum Gasteiger partial charge on any atom is 0.335 e. The number of aromatic carboxylic acids is 1. The van der Waals surface area contributed by atoms with Crippen LogP contribution in [0, 0.1) is 0 Å². The fourth-order valence-electron chi connectivity index (χ4n) is 4.84. The minimum absolute atomic E-state index is 0.0647. The van der Waals surface area contributed by atoms with Gasteiger partial charge in [-0.15, -0.1) is 0 Å². The van der Waals surface area contributed by atoms with Crippen LogP contribution in [-0.2, 0) is 11.3 Å². The fraction of sp³-hybridized carbons (Fsp3) is 0.276. The summed E-state index contributed by atoms with van der Waals surface area (Å²) >= 11 is 0. The van der Waals surface area contributed by atoms with Crippen LogP contribution in [0.1, 0.15) is 54.1 Å². The Bertz CT molecular complexity index is 1360. The van der Waals surface area contributed by atoms with Crippen molar-refractivity contribution < 1.29 is 19.4 Å². The van der Waals surface area contributed by atoms with Gasteiger partial charge >= 0.3 is 5.97 Å². The number of carbonyl (C=O) groups is 2. The molecule has 0 atom stereocenters. The second-order valence-electron chi connectivity index (χ2n) is 9.18. The van der Waals surface area contributed by atoms with E-state index in [1.165, 1.54) is 19.3 Å². The van der Waals surface area contributed by atoms with Crippen LogP contribution < -0.4 is 10.1 Å². The van der Waals surface area contributed by atoms with Crippen LogP contribution in [0.15, 0.2) is 72.8 Å². The first-order valence-electron chi connectivity index (χ1n) is 12.4. The van der Waals surface area contributed by atoms with Crippen molar-refractivity contribution >= 4 is 22.9 Å². The van der Waals surface area contributed by atoms with Crippen LogP contribution >= 0.6 is 0 Å². The fourth-order valence-corrected chi connectivity index (χ4v) is 4.84. The van der Waals surface area contributed by atoms with Crippen molar-refractivity contribution in [2.75, 3.05) is 6.61 Å². The lowest BCUT2D eigenvalue weighted by atomic mass is 9.95. The predicted molar refractivity (Wildman–Crippen MR) is 138 cm³/mol. The quantitative estimate of drug-likeness (QED) is 0.340. The number of carbonyl (C=O) groups excluding carboxylic acids is 1. The molecule has 5 rings (SSSR count). The molecule has 3 aromatic carbocycles. The molecule has 1 amide bonds. The van der Waals surface area contributed by atoms with E-state index in [4.69, 9.17) is 9.72 Å². The van der Waals surface area contributed by atoms with Crippen molar-refractivity contribution in [1.82, 2.24) is 14.9 Å². The molecule has 2 N–H and O–H groups in total. The first-order chi connectivity index (χ1) is 17.6. The summed E-state index contributed by atoms with van der Waals surface area (Å²) in [6.45, 7) is 0.397. The third-order valence-corrected chi connectivity index (χ3v) is 6.69. The van der Waals surface area contributed by atoms with Gasteiger partial charge in [0, 0.05) is 18.2 Å². The maximum atomic E-state index is 12.2. The van der Waals surface area contributed by atoms with Crippen molar-refractivity contribution in [3.8, 4) is 17.1 Å². The molecule has 0 bridgehead atoms. The molecule has 1 aliphatic carbocycles. The van der Waals surface area contributed by atoms with Crippen LogP contribution in [0.4, 0.5) is 0 Å². The number of rotatable bonds is 8. The summed E-state index contributed by atoms with van der Waals surface area (Å²) in [5, 5.41) is 12.3. The van der Waals surface area contributed by atoms with Gasteiger partial charge in [-0.2, -0.15) is 0 Å². The molecule has 1 heterocycles. The summed E-state index contributed by atoms with van der Waals surface area (Å²) in [5.41, 5.74) is 3.83. The lowest BCUT2D eigenvalue weighted by Crippen LogP contribution is -2.28. The Morgan fingerprint density at radius 3 is 2.44 bits per heavy atom. The molecule has 0 saturated heterocycles. The van der Waals surface area contributed by atoms with E-state index in [0.717, 1.165) is 35.3 Å². The third-order valence-electron chi connectivity index (χ3n) is 6.69. The Kier molecular flexibility index (Phi) is 6.98. The van der Waals surface area contributed by atoms with Crippen LogP contribution in [0.25, 0.3) is 22.4 Å². The molecule has 0 unspecified atom stereocenters. The number of ether oxygens (including phenoxy) is 1. The summed E-state index contributed by atoms with van der Waals surface area (Å²) in [5.74, 6) is 0.282.